The molecular weight excluding hydrogens is 426 g/mol. The Morgan fingerprint density at radius 3 is 2.68 bits per heavy atom. The van der Waals surface area contributed by atoms with Crippen molar-refractivity contribution in [1.82, 2.24) is 5.32 Å². The van der Waals surface area contributed by atoms with E-state index in [1.165, 1.54) is 7.11 Å². The van der Waals surface area contributed by atoms with E-state index in [0.717, 1.165) is 5.56 Å². The molecule has 0 heterocycles. The van der Waals surface area contributed by atoms with Crippen molar-refractivity contribution in [1.29, 1.82) is 0 Å². The van der Waals surface area contributed by atoms with E-state index in [9.17, 15) is 14.7 Å². The number of halogens is 1. The fourth-order valence-electron chi connectivity index (χ4n) is 3.90. The molecule has 0 saturated heterocycles. The highest BCUT2D eigenvalue weighted by molar-refractivity contribution is 9.10. The van der Waals surface area contributed by atoms with E-state index in [-0.39, 0.29) is 24.2 Å². The monoisotopic (exact) mass is 451 g/mol. The Kier molecular flexibility index (Phi) is 7.50. The van der Waals surface area contributed by atoms with Crippen LogP contribution < -0.4 is 10.1 Å². The topological polar surface area (TPSA) is 84.9 Å². The molecule has 0 spiro atoms. The number of hydrogen-bond donors (Lipinski definition) is 2. The molecule has 6 nitrogen and oxygen atoms in total. The number of methoxy groups -OCH3 is 2. The third-order valence-corrected chi connectivity index (χ3v) is 6.21. The molecule has 1 aliphatic rings. The summed E-state index contributed by atoms with van der Waals surface area (Å²) in [6.45, 7) is 4.08. The molecule has 1 aliphatic carbocycles. The van der Waals surface area contributed by atoms with Crippen LogP contribution in [0.2, 0.25) is 0 Å². The summed E-state index contributed by atoms with van der Waals surface area (Å²) in [5, 5.41) is 12.7. The predicted octanol–water partition coefficient (Wildman–Crippen LogP) is 3.00. The van der Waals surface area contributed by atoms with E-state index in [1.807, 2.05) is 13.0 Å². The van der Waals surface area contributed by atoms with Crippen LogP contribution in [0.5, 0.6) is 5.75 Å². The number of carboxylic acid groups (broad SMARTS) is 1. The van der Waals surface area contributed by atoms with Crippen LogP contribution in [0.4, 0.5) is 0 Å². The summed E-state index contributed by atoms with van der Waals surface area (Å²) in [5.41, 5.74) is 0.138. The Balaban J connectivity index is 2.25. The molecule has 3 unspecified atom stereocenters. The van der Waals surface area contributed by atoms with Crippen LogP contribution in [-0.4, -0.2) is 43.3 Å². The minimum atomic E-state index is -1.28. The van der Waals surface area contributed by atoms with Gasteiger partial charge in [0.15, 0.2) is 0 Å². The number of carbonyl (C=O) groups is 2. The number of nitrogens with one attached hydrogen (secondary N) is 1. The summed E-state index contributed by atoms with van der Waals surface area (Å²) in [6, 6.07) is 3.59. The second kappa shape index (κ2) is 9.44. The van der Waals surface area contributed by atoms with E-state index in [0.29, 0.717) is 35.2 Å². The lowest BCUT2D eigenvalue weighted by molar-refractivity contribution is -0.149. The maximum Gasteiger partial charge on any atom is 0.329 e. The van der Waals surface area contributed by atoms with Crippen molar-refractivity contribution in [3.05, 3.63) is 27.7 Å². The normalized spacial score (nSPS) is 23.6. The van der Waals surface area contributed by atoms with Gasteiger partial charge in [0.05, 0.1) is 13.5 Å². The van der Waals surface area contributed by atoms with Gasteiger partial charge >= 0.3 is 5.97 Å². The van der Waals surface area contributed by atoms with Gasteiger partial charge in [-0.3, -0.25) is 4.79 Å². The van der Waals surface area contributed by atoms with Crippen molar-refractivity contribution in [2.24, 2.45) is 11.8 Å². The zero-order valence-corrected chi connectivity index (χ0v) is 18.2. The van der Waals surface area contributed by atoms with Crippen LogP contribution in [0.3, 0.4) is 0 Å². The highest BCUT2D eigenvalue weighted by atomic mass is 79.9. The molecule has 2 rings (SSSR count). The maximum absolute atomic E-state index is 12.8. The average molecular weight is 452 g/mol. The van der Waals surface area contributed by atoms with E-state index < -0.39 is 11.5 Å². The van der Waals surface area contributed by atoms with Gasteiger partial charge in [-0.1, -0.05) is 28.8 Å². The number of rotatable bonds is 7. The molecule has 0 radical (unpaired) electrons. The number of ether oxygens (including phenoxy) is 2. The van der Waals surface area contributed by atoms with Gasteiger partial charge in [-0.05, 0) is 43.7 Å². The number of benzene rings is 1. The molecule has 0 bridgehead atoms. The highest BCUT2D eigenvalue weighted by Gasteiger charge is 2.52. The molecule has 1 amide bonds. The molecule has 1 saturated carbocycles. The third kappa shape index (κ3) is 4.50. The first kappa shape index (κ1) is 22.3. The molecule has 1 fully saturated rings. The number of carboxylic acids is 1. The summed E-state index contributed by atoms with van der Waals surface area (Å²) in [4.78, 5) is 24.9. The summed E-state index contributed by atoms with van der Waals surface area (Å²) < 4.78 is 11.3. The van der Waals surface area contributed by atoms with Crippen molar-refractivity contribution in [2.75, 3.05) is 20.8 Å². The quantitative estimate of drug-likeness (QED) is 0.622. The van der Waals surface area contributed by atoms with E-state index in [4.69, 9.17) is 9.47 Å². The second-order valence-corrected chi connectivity index (χ2v) is 7.91. The van der Waals surface area contributed by atoms with Crippen LogP contribution in [-0.2, 0) is 20.7 Å². The van der Waals surface area contributed by atoms with Crippen LogP contribution in [0, 0.1) is 23.7 Å². The van der Waals surface area contributed by atoms with Gasteiger partial charge in [0.2, 0.25) is 5.91 Å². The molecule has 3 atom stereocenters. The zero-order chi connectivity index (χ0) is 20.9. The highest BCUT2D eigenvalue weighted by Crippen LogP contribution is 2.41. The second-order valence-electron chi connectivity index (χ2n) is 7.06. The Hall–Kier alpha value is -2.04. The third-order valence-electron chi connectivity index (χ3n) is 5.50. The number of aliphatic carboxylic acids is 1. The number of carbonyl (C=O) groups excluding carboxylic acids is 1. The van der Waals surface area contributed by atoms with Crippen molar-refractivity contribution in [3.8, 4) is 17.6 Å². The molecule has 1 aromatic carbocycles. The molecule has 2 N–H and O–H groups in total. The molecule has 28 heavy (non-hydrogen) atoms. The summed E-state index contributed by atoms with van der Waals surface area (Å²) in [7, 11) is 3.13. The van der Waals surface area contributed by atoms with Crippen molar-refractivity contribution in [2.45, 2.75) is 38.6 Å². The number of hydrogen-bond acceptors (Lipinski definition) is 4. The molecular formula is C21H26BrNO5. The predicted molar refractivity (Wildman–Crippen MR) is 109 cm³/mol. The Labute approximate surface area is 174 Å². The summed E-state index contributed by atoms with van der Waals surface area (Å²) >= 11 is 3.47. The first-order valence-corrected chi connectivity index (χ1v) is 9.90. The molecule has 0 aromatic heterocycles. The van der Waals surface area contributed by atoms with Gasteiger partial charge in [-0.2, -0.15) is 0 Å². The lowest BCUT2D eigenvalue weighted by Gasteiger charge is -2.32. The largest absolute Gasteiger partial charge is 0.496 e. The molecule has 1 aromatic rings. The van der Waals surface area contributed by atoms with Gasteiger partial charge < -0.3 is 19.9 Å². The van der Waals surface area contributed by atoms with Crippen molar-refractivity contribution >= 4 is 27.8 Å². The first-order chi connectivity index (χ1) is 13.3. The van der Waals surface area contributed by atoms with Crippen molar-refractivity contribution in [3.63, 3.8) is 0 Å². The zero-order valence-electron chi connectivity index (χ0n) is 16.6. The maximum atomic E-state index is 12.8. The lowest BCUT2D eigenvalue weighted by atomic mass is 9.84. The fourth-order valence-corrected chi connectivity index (χ4v) is 4.48. The van der Waals surface area contributed by atoms with Crippen LogP contribution in [0.15, 0.2) is 16.6 Å². The van der Waals surface area contributed by atoms with E-state index >= 15 is 0 Å². The molecule has 0 aliphatic heterocycles. The van der Waals surface area contributed by atoms with Crippen LogP contribution in [0.25, 0.3) is 0 Å². The van der Waals surface area contributed by atoms with Gasteiger partial charge in [-0.25, -0.2) is 4.79 Å². The standard InChI is InChI=1S/C21H26BrNO5/c1-5-6-14-9-17(22)16(18(10-14)28-4)11-19(24)23-21(20(25)26)8-7-15(12-27-3)13(21)2/h9-10,13,15H,7-8,11-12H2,1-4H3,(H,23,24)(H,25,26). The lowest BCUT2D eigenvalue weighted by Crippen LogP contribution is -2.57. The average Bonchev–Trinajstić information content (AvgIpc) is 2.95. The van der Waals surface area contributed by atoms with E-state index in [1.54, 1.807) is 20.1 Å². The molecule has 7 heteroatoms. The summed E-state index contributed by atoms with van der Waals surface area (Å²) in [5.74, 6) is 4.80. The van der Waals surface area contributed by atoms with Gasteiger partial charge in [0.1, 0.15) is 11.3 Å². The number of amides is 1. The summed E-state index contributed by atoms with van der Waals surface area (Å²) in [6.07, 6.45) is 1.08. The van der Waals surface area contributed by atoms with Crippen LogP contribution >= 0.6 is 15.9 Å². The van der Waals surface area contributed by atoms with Gasteiger partial charge in [0, 0.05) is 29.3 Å². The fraction of sp³-hybridized carbons (Fsp3) is 0.524. The van der Waals surface area contributed by atoms with E-state index in [2.05, 4.69) is 33.1 Å². The SMILES string of the molecule is CC#Cc1cc(Br)c(CC(=O)NC2(C(=O)O)CCC(COC)C2C)c(OC)c1. The minimum absolute atomic E-state index is 0.000282. The van der Waals surface area contributed by atoms with Crippen molar-refractivity contribution < 1.29 is 24.2 Å². The Morgan fingerprint density at radius 1 is 1.39 bits per heavy atom. The Morgan fingerprint density at radius 2 is 2.11 bits per heavy atom. The van der Waals surface area contributed by atoms with Crippen LogP contribution in [0.1, 0.15) is 37.8 Å². The minimum Gasteiger partial charge on any atom is -0.496 e. The first-order valence-electron chi connectivity index (χ1n) is 9.11. The smallest absolute Gasteiger partial charge is 0.329 e. The Bertz CT molecular complexity index is 813. The van der Waals surface area contributed by atoms with Gasteiger partial charge in [-0.15, -0.1) is 5.92 Å². The van der Waals surface area contributed by atoms with Gasteiger partial charge in [0.25, 0.3) is 0 Å². The molecule has 152 valence electrons.